The molecular formula is C18H20ClN3O3S. The van der Waals surface area contributed by atoms with Gasteiger partial charge in [-0.15, -0.1) is 11.3 Å². The fourth-order valence-electron chi connectivity index (χ4n) is 3.03. The van der Waals surface area contributed by atoms with Crippen molar-refractivity contribution in [3.8, 4) is 11.3 Å². The van der Waals surface area contributed by atoms with E-state index in [-0.39, 0.29) is 12.6 Å². The van der Waals surface area contributed by atoms with Gasteiger partial charge in [0.05, 0.1) is 18.2 Å². The van der Waals surface area contributed by atoms with Crippen LogP contribution in [-0.2, 0) is 11.3 Å². The van der Waals surface area contributed by atoms with E-state index in [1.165, 1.54) is 11.3 Å². The highest BCUT2D eigenvalue weighted by molar-refractivity contribution is 7.12. The average molecular weight is 394 g/mol. The Kier molecular flexibility index (Phi) is 5.78. The molecule has 2 heterocycles. The number of carbonyl (C=O) groups excluding carboxylic acids is 1. The number of carboxylic acid groups (broad SMARTS) is 1. The molecule has 1 aromatic carbocycles. The minimum absolute atomic E-state index is 0.239. The van der Waals surface area contributed by atoms with Gasteiger partial charge in [-0.25, -0.2) is 9.78 Å². The Balaban J connectivity index is 1.61. The maximum atomic E-state index is 12.3. The van der Waals surface area contributed by atoms with E-state index in [0.29, 0.717) is 31.0 Å². The number of thiazole rings is 1. The zero-order chi connectivity index (χ0) is 18.7. The van der Waals surface area contributed by atoms with Crippen LogP contribution in [0.3, 0.4) is 0 Å². The maximum Gasteiger partial charge on any atom is 0.317 e. The van der Waals surface area contributed by atoms with Gasteiger partial charge in [-0.3, -0.25) is 4.79 Å². The largest absolute Gasteiger partial charge is 0.481 e. The maximum absolute atomic E-state index is 12.3. The molecule has 1 aliphatic rings. The van der Waals surface area contributed by atoms with Crippen LogP contribution in [0.25, 0.3) is 11.3 Å². The summed E-state index contributed by atoms with van der Waals surface area (Å²) in [4.78, 5) is 30.7. The van der Waals surface area contributed by atoms with Crippen LogP contribution in [0.1, 0.15) is 22.7 Å². The Morgan fingerprint density at radius 2 is 2.12 bits per heavy atom. The van der Waals surface area contributed by atoms with Gasteiger partial charge in [-0.1, -0.05) is 23.7 Å². The fourth-order valence-corrected chi connectivity index (χ4v) is 4.05. The molecule has 0 aliphatic carbocycles. The van der Waals surface area contributed by atoms with Crippen LogP contribution in [0, 0.1) is 12.8 Å². The molecular weight excluding hydrogens is 374 g/mol. The second kappa shape index (κ2) is 8.05. The number of aliphatic carboxylic acids is 1. The van der Waals surface area contributed by atoms with Crippen molar-refractivity contribution in [1.29, 1.82) is 0 Å². The summed E-state index contributed by atoms with van der Waals surface area (Å²) in [5, 5.41) is 13.5. The number of hydrogen-bond acceptors (Lipinski definition) is 4. The molecule has 1 aliphatic heterocycles. The summed E-state index contributed by atoms with van der Waals surface area (Å²) in [6, 6.07) is 7.26. The van der Waals surface area contributed by atoms with E-state index >= 15 is 0 Å². The summed E-state index contributed by atoms with van der Waals surface area (Å²) < 4.78 is 0. The molecule has 1 aromatic heterocycles. The van der Waals surface area contributed by atoms with Gasteiger partial charge < -0.3 is 15.3 Å². The van der Waals surface area contributed by atoms with E-state index in [9.17, 15) is 9.59 Å². The van der Waals surface area contributed by atoms with Crippen molar-refractivity contribution < 1.29 is 14.7 Å². The molecule has 1 atom stereocenters. The number of aromatic nitrogens is 1. The van der Waals surface area contributed by atoms with Crippen LogP contribution >= 0.6 is 22.9 Å². The minimum atomic E-state index is -0.842. The smallest absolute Gasteiger partial charge is 0.317 e. The number of amides is 2. The zero-order valence-corrected chi connectivity index (χ0v) is 15.9. The number of piperidine rings is 1. The highest BCUT2D eigenvalue weighted by atomic mass is 35.5. The third-order valence-electron chi connectivity index (χ3n) is 4.41. The summed E-state index contributed by atoms with van der Waals surface area (Å²) in [5.74, 6) is -1.32. The molecule has 1 unspecified atom stereocenters. The number of carbonyl (C=O) groups is 2. The molecule has 2 aromatic rings. The van der Waals surface area contributed by atoms with Crippen molar-refractivity contribution in [1.82, 2.24) is 15.2 Å². The molecule has 6 nitrogen and oxygen atoms in total. The predicted octanol–water partition coefficient (Wildman–Crippen LogP) is 3.78. The molecule has 26 heavy (non-hydrogen) atoms. The van der Waals surface area contributed by atoms with Crippen molar-refractivity contribution in [2.75, 3.05) is 13.1 Å². The molecule has 2 amide bonds. The van der Waals surface area contributed by atoms with Crippen LogP contribution in [0.5, 0.6) is 0 Å². The number of hydrogen-bond donors (Lipinski definition) is 2. The predicted molar refractivity (Wildman–Crippen MR) is 101 cm³/mol. The molecule has 0 spiro atoms. The SMILES string of the molecule is Cc1sc(CNC(=O)N2CCCC(C(=O)O)C2)nc1-c1ccc(Cl)cc1. The van der Waals surface area contributed by atoms with Crippen molar-refractivity contribution in [2.45, 2.75) is 26.3 Å². The summed E-state index contributed by atoms with van der Waals surface area (Å²) in [6.45, 7) is 3.16. The van der Waals surface area contributed by atoms with Gasteiger partial charge in [0.2, 0.25) is 0 Å². The molecule has 0 radical (unpaired) electrons. The second-order valence-electron chi connectivity index (χ2n) is 6.30. The topological polar surface area (TPSA) is 82.5 Å². The first-order valence-corrected chi connectivity index (χ1v) is 9.61. The van der Waals surface area contributed by atoms with E-state index in [4.69, 9.17) is 16.7 Å². The number of likely N-dealkylation sites (tertiary alicyclic amines) is 1. The summed E-state index contributed by atoms with van der Waals surface area (Å²) >= 11 is 7.46. The van der Waals surface area contributed by atoms with Gasteiger partial charge in [-0.2, -0.15) is 0 Å². The first-order chi connectivity index (χ1) is 12.4. The van der Waals surface area contributed by atoms with Crippen LogP contribution < -0.4 is 5.32 Å². The highest BCUT2D eigenvalue weighted by Crippen LogP contribution is 2.28. The van der Waals surface area contributed by atoms with E-state index in [0.717, 1.165) is 21.1 Å². The number of rotatable bonds is 4. The zero-order valence-electron chi connectivity index (χ0n) is 14.4. The molecule has 1 saturated heterocycles. The molecule has 138 valence electrons. The van der Waals surface area contributed by atoms with E-state index in [1.54, 1.807) is 4.90 Å². The first kappa shape index (κ1) is 18.7. The van der Waals surface area contributed by atoms with Crippen LogP contribution in [0.2, 0.25) is 5.02 Å². The van der Waals surface area contributed by atoms with Gasteiger partial charge in [0.25, 0.3) is 0 Å². The summed E-state index contributed by atoms with van der Waals surface area (Å²) in [6.07, 6.45) is 1.33. The van der Waals surface area contributed by atoms with Crippen molar-refractivity contribution in [3.63, 3.8) is 0 Å². The van der Waals surface area contributed by atoms with Crippen molar-refractivity contribution in [2.24, 2.45) is 5.92 Å². The van der Waals surface area contributed by atoms with Gasteiger partial charge in [0, 0.05) is 28.6 Å². The number of aryl methyl sites for hydroxylation is 1. The van der Waals surface area contributed by atoms with Gasteiger partial charge in [-0.05, 0) is 31.9 Å². The average Bonchev–Trinajstić information content (AvgIpc) is 3.01. The normalized spacial score (nSPS) is 17.2. The number of nitrogens with one attached hydrogen (secondary N) is 1. The Hall–Kier alpha value is -2.12. The van der Waals surface area contributed by atoms with E-state index < -0.39 is 11.9 Å². The number of halogens is 1. The fraction of sp³-hybridized carbons (Fsp3) is 0.389. The lowest BCUT2D eigenvalue weighted by molar-refractivity contribution is -0.143. The summed E-state index contributed by atoms with van der Waals surface area (Å²) in [5.41, 5.74) is 1.88. The Bertz CT molecular complexity index is 807. The minimum Gasteiger partial charge on any atom is -0.481 e. The lowest BCUT2D eigenvalue weighted by atomic mass is 9.99. The van der Waals surface area contributed by atoms with E-state index in [1.807, 2.05) is 31.2 Å². The third kappa shape index (κ3) is 4.34. The van der Waals surface area contributed by atoms with E-state index in [2.05, 4.69) is 10.3 Å². The molecule has 2 N–H and O–H groups in total. The van der Waals surface area contributed by atoms with Gasteiger partial charge in [0.1, 0.15) is 5.01 Å². The number of nitrogens with zero attached hydrogens (tertiary/aromatic N) is 2. The van der Waals surface area contributed by atoms with Crippen LogP contribution in [0.15, 0.2) is 24.3 Å². The second-order valence-corrected chi connectivity index (χ2v) is 8.03. The lowest BCUT2D eigenvalue weighted by Gasteiger charge is -2.30. The quantitative estimate of drug-likeness (QED) is 0.828. The monoisotopic (exact) mass is 393 g/mol. The first-order valence-electron chi connectivity index (χ1n) is 8.42. The van der Waals surface area contributed by atoms with Crippen LogP contribution in [-0.4, -0.2) is 40.1 Å². The lowest BCUT2D eigenvalue weighted by Crippen LogP contribution is -2.46. The molecule has 3 rings (SSSR count). The molecule has 8 heteroatoms. The molecule has 0 bridgehead atoms. The molecule has 0 saturated carbocycles. The van der Waals surface area contributed by atoms with Gasteiger partial charge in [0.15, 0.2) is 0 Å². The number of benzene rings is 1. The Morgan fingerprint density at radius 1 is 1.38 bits per heavy atom. The third-order valence-corrected chi connectivity index (χ3v) is 5.63. The number of carboxylic acids is 1. The highest BCUT2D eigenvalue weighted by Gasteiger charge is 2.28. The van der Waals surface area contributed by atoms with Crippen molar-refractivity contribution in [3.05, 3.63) is 39.2 Å². The Morgan fingerprint density at radius 3 is 2.81 bits per heavy atom. The van der Waals surface area contributed by atoms with Gasteiger partial charge >= 0.3 is 12.0 Å². The standard InChI is InChI=1S/C18H20ClN3O3S/c1-11-16(12-4-6-14(19)7-5-12)21-15(26-11)9-20-18(25)22-8-2-3-13(10-22)17(23)24/h4-7,13H,2-3,8-10H2,1H3,(H,20,25)(H,23,24). The summed E-state index contributed by atoms with van der Waals surface area (Å²) in [7, 11) is 0. The Labute approximate surface area is 160 Å². The van der Waals surface area contributed by atoms with Crippen LogP contribution in [0.4, 0.5) is 4.79 Å². The molecule has 1 fully saturated rings. The van der Waals surface area contributed by atoms with Crippen molar-refractivity contribution >= 4 is 34.9 Å². The number of urea groups is 1.